The lowest BCUT2D eigenvalue weighted by Crippen LogP contribution is -2.51. The number of fused-ring (bicyclic) bond motifs is 4. The van der Waals surface area contributed by atoms with Crippen LogP contribution in [-0.2, 0) is 16.1 Å². The number of pyridine rings is 1. The van der Waals surface area contributed by atoms with Crippen LogP contribution in [0.25, 0.3) is 0 Å². The predicted octanol–water partition coefficient (Wildman–Crippen LogP) is 1.76. The summed E-state index contributed by atoms with van der Waals surface area (Å²) < 4.78 is 6.88. The number of anilines is 1. The van der Waals surface area contributed by atoms with Crippen molar-refractivity contribution in [3.05, 3.63) is 62.6 Å². The Labute approximate surface area is 189 Å². The van der Waals surface area contributed by atoms with E-state index < -0.39 is 22.1 Å². The number of methoxy groups -OCH3 is 1. The number of amides is 2. The van der Waals surface area contributed by atoms with Crippen LogP contribution in [0.5, 0.6) is 5.75 Å². The van der Waals surface area contributed by atoms with E-state index in [-0.39, 0.29) is 30.1 Å². The molecule has 0 radical (unpaired) electrons. The highest BCUT2D eigenvalue weighted by Crippen LogP contribution is 2.38. The van der Waals surface area contributed by atoms with Gasteiger partial charge in [-0.05, 0) is 30.5 Å². The first-order chi connectivity index (χ1) is 15.9. The second-order valence-electron chi connectivity index (χ2n) is 8.94. The molecule has 33 heavy (non-hydrogen) atoms. The first kappa shape index (κ1) is 21.2. The molecule has 172 valence electrons. The Bertz CT molecular complexity index is 1210. The molecule has 4 heterocycles. The number of benzene rings is 1. The molecule has 2 amide bonds. The molecule has 3 aliphatic rings. The summed E-state index contributed by atoms with van der Waals surface area (Å²) in [4.78, 5) is 52.6. The molecular weight excluding hydrogens is 428 g/mol. The zero-order valence-corrected chi connectivity index (χ0v) is 18.2. The van der Waals surface area contributed by atoms with Gasteiger partial charge in [-0.25, -0.2) is 0 Å². The molecule has 1 aromatic heterocycles. The largest absolute Gasteiger partial charge is 0.495 e. The minimum atomic E-state index is -0.652. The van der Waals surface area contributed by atoms with E-state index in [0.29, 0.717) is 37.6 Å². The Morgan fingerprint density at radius 3 is 2.64 bits per heavy atom. The second-order valence-corrected chi connectivity index (χ2v) is 8.94. The number of hydrogen-bond acceptors (Lipinski definition) is 6. The number of aromatic nitrogens is 1. The number of carbonyl (C=O) groups excluding carboxylic acids is 2. The lowest BCUT2D eigenvalue weighted by molar-refractivity contribution is -0.386. The highest BCUT2D eigenvalue weighted by atomic mass is 16.6. The lowest BCUT2D eigenvalue weighted by atomic mass is 9.82. The fourth-order valence-electron chi connectivity index (χ4n) is 5.47. The van der Waals surface area contributed by atoms with Gasteiger partial charge in [-0.3, -0.25) is 24.5 Å². The molecule has 5 rings (SSSR count). The van der Waals surface area contributed by atoms with Crippen molar-refractivity contribution < 1.29 is 19.2 Å². The number of para-hydroxylation sites is 2. The molecular formula is C23H24N4O6. The van der Waals surface area contributed by atoms with Crippen molar-refractivity contribution in [3.8, 4) is 5.75 Å². The first-order valence-corrected chi connectivity index (χ1v) is 11.0. The number of nitro groups is 1. The number of hydrogen-bond donors (Lipinski definition) is 0. The third-order valence-electron chi connectivity index (χ3n) is 6.94. The van der Waals surface area contributed by atoms with Crippen molar-refractivity contribution >= 4 is 23.2 Å². The fraction of sp³-hybridized carbons (Fsp3) is 0.435. The van der Waals surface area contributed by atoms with Gasteiger partial charge in [0.05, 0.1) is 23.6 Å². The van der Waals surface area contributed by atoms with Crippen LogP contribution >= 0.6 is 0 Å². The molecule has 0 saturated carbocycles. The van der Waals surface area contributed by atoms with Crippen molar-refractivity contribution in [2.24, 2.45) is 11.8 Å². The van der Waals surface area contributed by atoms with Crippen LogP contribution in [0.4, 0.5) is 11.4 Å². The van der Waals surface area contributed by atoms with E-state index in [4.69, 9.17) is 4.74 Å². The van der Waals surface area contributed by atoms with Crippen LogP contribution in [0, 0.1) is 22.0 Å². The van der Waals surface area contributed by atoms with Crippen molar-refractivity contribution in [2.75, 3.05) is 31.6 Å². The SMILES string of the molecule is COc1ccccc1N1CC(C(=O)N2C[C@@H]3C[C@@H](C2)c2ccc([N+](=O)[O-])c(=O)n2C3)CC1=O. The summed E-state index contributed by atoms with van der Waals surface area (Å²) in [6.07, 6.45) is 0.975. The van der Waals surface area contributed by atoms with Gasteiger partial charge in [0.25, 0.3) is 0 Å². The van der Waals surface area contributed by atoms with Gasteiger partial charge in [0, 0.05) is 50.3 Å². The molecule has 0 spiro atoms. The van der Waals surface area contributed by atoms with E-state index >= 15 is 0 Å². The van der Waals surface area contributed by atoms with Gasteiger partial charge in [0.15, 0.2) is 0 Å². The average Bonchev–Trinajstić information content (AvgIpc) is 3.20. The maximum Gasteiger partial charge on any atom is 0.334 e. The summed E-state index contributed by atoms with van der Waals surface area (Å²) in [6, 6.07) is 10.1. The number of piperidine rings is 1. The molecule has 0 aliphatic carbocycles. The zero-order valence-electron chi connectivity index (χ0n) is 18.2. The Hall–Kier alpha value is -3.69. The molecule has 10 heteroatoms. The topological polar surface area (TPSA) is 115 Å². The van der Waals surface area contributed by atoms with E-state index in [1.54, 1.807) is 29.0 Å². The van der Waals surface area contributed by atoms with E-state index in [1.165, 1.54) is 10.6 Å². The Balaban J connectivity index is 1.35. The molecule has 3 aliphatic heterocycles. The Morgan fingerprint density at radius 2 is 1.88 bits per heavy atom. The number of carbonyl (C=O) groups is 2. The summed E-state index contributed by atoms with van der Waals surface area (Å²) in [7, 11) is 1.55. The monoisotopic (exact) mass is 452 g/mol. The number of nitrogens with zero attached hydrogens (tertiary/aromatic N) is 4. The number of likely N-dealkylation sites (tertiary alicyclic amines) is 1. The van der Waals surface area contributed by atoms with E-state index in [9.17, 15) is 24.5 Å². The van der Waals surface area contributed by atoms with Crippen LogP contribution in [0.2, 0.25) is 0 Å². The van der Waals surface area contributed by atoms with Crippen molar-refractivity contribution in [3.63, 3.8) is 0 Å². The standard InChI is InChI=1S/C23H24N4O6/c1-33-20-5-3-2-4-18(20)25-13-16(9-21(25)28)22(29)24-10-14-8-15(12-24)17-6-7-19(27(31)32)23(30)26(17)11-14/h2-7,14-16H,8-13H2,1H3/t14-,15-,16?/m0/s1. The zero-order chi connectivity index (χ0) is 23.3. The lowest BCUT2D eigenvalue weighted by Gasteiger charge is -2.43. The summed E-state index contributed by atoms with van der Waals surface area (Å²) in [5.41, 5.74) is 0.386. The molecule has 2 fully saturated rings. The van der Waals surface area contributed by atoms with Gasteiger partial charge in [-0.1, -0.05) is 12.1 Å². The van der Waals surface area contributed by atoms with E-state index in [2.05, 4.69) is 0 Å². The van der Waals surface area contributed by atoms with Gasteiger partial charge in [-0.15, -0.1) is 0 Å². The van der Waals surface area contributed by atoms with E-state index in [0.717, 1.165) is 12.1 Å². The van der Waals surface area contributed by atoms with Crippen LogP contribution in [-0.4, -0.2) is 52.9 Å². The quantitative estimate of drug-likeness (QED) is 0.516. The highest BCUT2D eigenvalue weighted by molar-refractivity contribution is 6.01. The third-order valence-corrected chi connectivity index (χ3v) is 6.94. The van der Waals surface area contributed by atoms with Crippen LogP contribution in [0.1, 0.15) is 24.5 Å². The second kappa shape index (κ2) is 8.02. The molecule has 10 nitrogen and oxygen atoms in total. The average molecular weight is 452 g/mol. The summed E-state index contributed by atoms with van der Waals surface area (Å²) in [6.45, 7) is 1.56. The summed E-state index contributed by atoms with van der Waals surface area (Å²) in [5, 5.41) is 11.1. The van der Waals surface area contributed by atoms with Gasteiger partial charge < -0.3 is 19.1 Å². The molecule has 1 aromatic carbocycles. The van der Waals surface area contributed by atoms with Gasteiger partial charge in [-0.2, -0.15) is 0 Å². The summed E-state index contributed by atoms with van der Waals surface area (Å²) >= 11 is 0. The van der Waals surface area contributed by atoms with E-state index in [1.807, 2.05) is 18.2 Å². The molecule has 2 saturated heterocycles. The van der Waals surface area contributed by atoms with Crippen molar-refractivity contribution in [1.82, 2.24) is 9.47 Å². The molecule has 1 unspecified atom stereocenters. The van der Waals surface area contributed by atoms with Crippen LogP contribution in [0.3, 0.4) is 0 Å². The molecule has 3 atom stereocenters. The molecule has 2 bridgehead atoms. The van der Waals surface area contributed by atoms with Crippen LogP contribution in [0.15, 0.2) is 41.2 Å². The highest BCUT2D eigenvalue weighted by Gasteiger charge is 2.42. The number of rotatable bonds is 4. The molecule has 2 aromatic rings. The maximum absolute atomic E-state index is 13.4. The first-order valence-electron chi connectivity index (χ1n) is 11.0. The smallest absolute Gasteiger partial charge is 0.334 e. The van der Waals surface area contributed by atoms with Crippen molar-refractivity contribution in [2.45, 2.75) is 25.3 Å². The number of ether oxygens (including phenoxy) is 1. The Kier molecular flexibility index (Phi) is 5.15. The molecule has 0 N–H and O–H groups in total. The summed E-state index contributed by atoms with van der Waals surface area (Å²) in [5.74, 6) is -0.0463. The Morgan fingerprint density at radius 1 is 1.09 bits per heavy atom. The van der Waals surface area contributed by atoms with Crippen LogP contribution < -0.4 is 15.2 Å². The third kappa shape index (κ3) is 3.55. The van der Waals surface area contributed by atoms with Gasteiger partial charge in [0.1, 0.15) is 5.75 Å². The predicted molar refractivity (Wildman–Crippen MR) is 118 cm³/mol. The maximum atomic E-state index is 13.4. The van der Waals surface area contributed by atoms with Gasteiger partial charge >= 0.3 is 11.2 Å². The van der Waals surface area contributed by atoms with Gasteiger partial charge in [0.2, 0.25) is 11.8 Å². The minimum Gasteiger partial charge on any atom is -0.495 e. The normalized spacial score (nSPS) is 23.9. The minimum absolute atomic E-state index is 0.0438. The fourth-order valence-corrected chi connectivity index (χ4v) is 5.47. The van der Waals surface area contributed by atoms with Crippen molar-refractivity contribution in [1.29, 1.82) is 0 Å².